The van der Waals surface area contributed by atoms with Crippen molar-refractivity contribution < 1.29 is 27.8 Å². The molecule has 176 valence electrons. The lowest BCUT2D eigenvalue weighted by molar-refractivity contribution is -0.119. The van der Waals surface area contributed by atoms with Crippen molar-refractivity contribution >= 4 is 40.2 Å². The second-order valence-corrected chi connectivity index (χ2v) is 8.22. The topological polar surface area (TPSA) is 95.3 Å². The lowest BCUT2D eigenvalue weighted by Crippen LogP contribution is -2.21. The summed E-state index contributed by atoms with van der Waals surface area (Å²) in [5, 5.41) is 7.23. The Kier molecular flexibility index (Phi) is 7.47. The van der Waals surface area contributed by atoms with Crippen LogP contribution in [0.2, 0.25) is 5.02 Å². The van der Waals surface area contributed by atoms with Gasteiger partial charge in [0.05, 0.1) is 22.2 Å². The van der Waals surface area contributed by atoms with Crippen molar-refractivity contribution in [2.45, 2.75) is 46.3 Å². The first-order chi connectivity index (χ1) is 15.6. The molecule has 11 heteroatoms. The number of benzene rings is 1. The van der Waals surface area contributed by atoms with Crippen molar-refractivity contribution in [2.24, 2.45) is 0 Å². The van der Waals surface area contributed by atoms with Gasteiger partial charge in [0.1, 0.15) is 5.75 Å². The SMILES string of the molecule is CC(C)c1cc(C(=O)OCC(=O)Nc2ccc(OC(F)F)c(Cl)c2)c2cnn(C(C)C)c2n1. The van der Waals surface area contributed by atoms with E-state index in [0.29, 0.717) is 16.7 Å². The molecule has 1 amide bonds. The number of fused-ring (bicyclic) bond motifs is 1. The van der Waals surface area contributed by atoms with Crippen LogP contribution in [-0.4, -0.2) is 39.9 Å². The summed E-state index contributed by atoms with van der Waals surface area (Å²) in [7, 11) is 0. The predicted octanol–water partition coefficient (Wildman–Crippen LogP) is 5.19. The third kappa shape index (κ3) is 5.75. The van der Waals surface area contributed by atoms with Gasteiger partial charge in [0, 0.05) is 17.4 Å². The fourth-order valence-corrected chi connectivity index (χ4v) is 3.28. The van der Waals surface area contributed by atoms with Crippen LogP contribution in [0, 0.1) is 0 Å². The van der Waals surface area contributed by atoms with Crippen LogP contribution in [0.15, 0.2) is 30.5 Å². The standard InChI is InChI=1S/C22H23ClF2N4O4/c1-11(2)17-8-14(15-9-26-29(12(3)4)20(15)28-17)21(31)32-10-19(30)27-13-5-6-18(16(23)7-13)33-22(24)25/h5-9,11-12,22H,10H2,1-4H3,(H,27,30). The molecule has 0 saturated carbocycles. The fraction of sp³-hybridized carbons (Fsp3) is 0.364. The van der Waals surface area contributed by atoms with Crippen molar-refractivity contribution in [3.8, 4) is 5.75 Å². The van der Waals surface area contributed by atoms with E-state index in [2.05, 4.69) is 20.1 Å². The molecule has 8 nitrogen and oxygen atoms in total. The van der Waals surface area contributed by atoms with Crippen LogP contribution in [0.4, 0.5) is 14.5 Å². The Bertz CT molecular complexity index is 1180. The van der Waals surface area contributed by atoms with Crippen molar-refractivity contribution in [3.63, 3.8) is 0 Å². The van der Waals surface area contributed by atoms with Gasteiger partial charge in [0.15, 0.2) is 12.3 Å². The minimum absolute atomic E-state index is 0.0383. The highest BCUT2D eigenvalue weighted by molar-refractivity contribution is 6.32. The van der Waals surface area contributed by atoms with Gasteiger partial charge in [-0.3, -0.25) is 4.79 Å². The number of esters is 1. The number of nitrogens with zero attached hydrogens (tertiary/aromatic N) is 3. The molecule has 3 aromatic rings. The summed E-state index contributed by atoms with van der Waals surface area (Å²) in [5.41, 5.74) is 1.75. The molecule has 0 fully saturated rings. The van der Waals surface area contributed by atoms with Crippen LogP contribution < -0.4 is 10.1 Å². The predicted molar refractivity (Wildman–Crippen MR) is 119 cm³/mol. The molecule has 0 radical (unpaired) electrons. The van der Waals surface area contributed by atoms with Crippen LogP contribution in [0.25, 0.3) is 11.0 Å². The first-order valence-electron chi connectivity index (χ1n) is 10.2. The Morgan fingerprint density at radius 3 is 2.52 bits per heavy atom. The minimum atomic E-state index is -3.02. The molecule has 0 bridgehead atoms. The Morgan fingerprint density at radius 1 is 1.18 bits per heavy atom. The summed E-state index contributed by atoms with van der Waals surface area (Å²) < 4.78 is 35.8. The summed E-state index contributed by atoms with van der Waals surface area (Å²) >= 11 is 5.88. The Labute approximate surface area is 193 Å². The molecule has 3 rings (SSSR count). The number of aromatic nitrogens is 3. The van der Waals surface area contributed by atoms with Gasteiger partial charge in [-0.05, 0) is 44.0 Å². The first-order valence-corrected chi connectivity index (χ1v) is 10.5. The maximum absolute atomic E-state index is 12.8. The van der Waals surface area contributed by atoms with Gasteiger partial charge in [-0.2, -0.15) is 13.9 Å². The average Bonchev–Trinajstić information content (AvgIpc) is 3.17. The molecule has 1 N–H and O–H groups in total. The second kappa shape index (κ2) is 10.1. The summed E-state index contributed by atoms with van der Waals surface area (Å²) in [6.07, 6.45) is 1.55. The van der Waals surface area contributed by atoms with Gasteiger partial charge in [-0.25, -0.2) is 14.5 Å². The van der Waals surface area contributed by atoms with E-state index in [-0.39, 0.29) is 34.0 Å². The number of anilines is 1. The molecule has 0 aliphatic carbocycles. The zero-order chi connectivity index (χ0) is 24.3. The van der Waals surface area contributed by atoms with Crippen molar-refractivity contribution in [1.82, 2.24) is 14.8 Å². The van der Waals surface area contributed by atoms with Crippen LogP contribution >= 0.6 is 11.6 Å². The van der Waals surface area contributed by atoms with Gasteiger partial charge in [0.25, 0.3) is 5.91 Å². The molecular weight excluding hydrogens is 458 g/mol. The number of carbonyl (C=O) groups is 2. The Balaban J connectivity index is 1.73. The Morgan fingerprint density at radius 2 is 1.91 bits per heavy atom. The van der Waals surface area contributed by atoms with E-state index in [1.807, 2.05) is 27.7 Å². The number of hydrogen-bond acceptors (Lipinski definition) is 6. The fourth-order valence-electron chi connectivity index (χ4n) is 3.06. The zero-order valence-corrected chi connectivity index (χ0v) is 19.2. The van der Waals surface area contributed by atoms with Crippen LogP contribution in [0.5, 0.6) is 5.75 Å². The van der Waals surface area contributed by atoms with E-state index in [1.54, 1.807) is 16.9 Å². The molecule has 0 spiro atoms. The maximum atomic E-state index is 12.8. The number of nitrogens with one attached hydrogen (secondary N) is 1. The molecular formula is C22H23ClF2N4O4. The number of ether oxygens (including phenoxy) is 2. The van der Waals surface area contributed by atoms with Gasteiger partial charge >= 0.3 is 12.6 Å². The van der Waals surface area contributed by atoms with E-state index < -0.39 is 25.1 Å². The molecule has 0 unspecified atom stereocenters. The number of carbonyl (C=O) groups excluding carboxylic acids is 2. The number of alkyl halides is 2. The van der Waals surface area contributed by atoms with Crippen molar-refractivity contribution in [2.75, 3.05) is 11.9 Å². The lowest BCUT2D eigenvalue weighted by atomic mass is 10.1. The van der Waals surface area contributed by atoms with Gasteiger partial charge < -0.3 is 14.8 Å². The molecule has 2 heterocycles. The first kappa shape index (κ1) is 24.4. The smallest absolute Gasteiger partial charge is 0.387 e. The van der Waals surface area contributed by atoms with Gasteiger partial charge in [0.2, 0.25) is 0 Å². The number of amides is 1. The van der Waals surface area contributed by atoms with Crippen LogP contribution in [0.3, 0.4) is 0 Å². The zero-order valence-electron chi connectivity index (χ0n) is 18.4. The van der Waals surface area contributed by atoms with Crippen molar-refractivity contribution in [1.29, 1.82) is 0 Å². The molecule has 1 aromatic carbocycles. The normalized spacial score (nSPS) is 11.5. The summed E-state index contributed by atoms with van der Waals surface area (Å²) in [4.78, 5) is 29.7. The number of halogens is 3. The highest BCUT2D eigenvalue weighted by Gasteiger charge is 2.21. The van der Waals surface area contributed by atoms with E-state index in [0.717, 1.165) is 0 Å². The Hall–Kier alpha value is -3.27. The lowest BCUT2D eigenvalue weighted by Gasteiger charge is -2.12. The van der Waals surface area contributed by atoms with E-state index in [9.17, 15) is 18.4 Å². The van der Waals surface area contributed by atoms with Gasteiger partial charge in [-0.15, -0.1) is 0 Å². The monoisotopic (exact) mass is 480 g/mol. The van der Waals surface area contributed by atoms with E-state index in [1.165, 1.54) is 18.2 Å². The van der Waals surface area contributed by atoms with Gasteiger partial charge in [-0.1, -0.05) is 25.4 Å². The van der Waals surface area contributed by atoms with Crippen molar-refractivity contribution in [3.05, 3.63) is 46.7 Å². The highest BCUT2D eigenvalue weighted by Crippen LogP contribution is 2.29. The quantitative estimate of drug-likeness (QED) is 0.446. The molecule has 0 saturated heterocycles. The molecule has 0 atom stereocenters. The molecule has 33 heavy (non-hydrogen) atoms. The second-order valence-electron chi connectivity index (χ2n) is 7.82. The summed E-state index contributed by atoms with van der Waals surface area (Å²) in [5.74, 6) is -1.49. The summed E-state index contributed by atoms with van der Waals surface area (Å²) in [6.45, 7) is 4.23. The highest BCUT2D eigenvalue weighted by atomic mass is 35.5. The van der Waals surface area contributed by atoms with E-state index >= 15 is 0 Å². The molecule has 0 aliphatic heterocycles. The van der Waals surface area contributed by atoms with E-state index in [4.69, 9.17) is 16.3 Å². The van der Waals surface area contributed by atoms with Crippen LogP contribution in [0.1, 0.15) is 55.7 Å². The minimum Gasteiger partial charge on any atom is -0.452 e. The number of rotatable bonds is 8. The molecule has 0 aliphatic rings. The average molecular weight is 481 g/mol. The third-order valence-electron chi connectivity index (χ3n) is 4.65. The van der Waals surface area contributed by atoms with Crippen LogP contribution in [-0.2, 0) is 9.53 Å². The largest absolute Gasteiger partial charge is 0.452 e. The number of hydrogen-bond donors (Lipinski definition) is 1. The molecule has 2 aromatic heterocycles. The number of pyridine rings is 1. The third-order valence-corrected chi connectivity index (χ3v) is 4.95. The summed E-state index contributed by atoms with van der Waals surface area (Å²) in [6, 6.07) is 5.47. The maximum Gasteiger partial charge on any atom is 0.387 e.